The van der Waals surface area contributed by atoms with E-state index in [0.29, 0.717) is 43.3 Å². The van der Waals surface area contributed by atoms with Crippen LogP contribution < -0.4 is 20.9 Å². The van der Waals surface area contributed by atoms with Crippen molar-refractivity contribution in [1.82, 2.24) is 13.7 Å². The van der Waals surface area contributed by atoms with Crippen molar-refractivity contribution in [3.8, 4) is 0 Å². The molecule has 0 radical (unpaired) electrons. The van der Waals surface area contributed by atoms with E-state index in [2.05, 4.69) is 9.44 Å². The Morgan fingerprint density at radius 1 is 0.750 bits per heavy atom. The van der Waals surface area contributed by atoms with Crippen molar-refractivity contribution in [3.05, 3.63) is 30.1 Å². The van der Waals surface area contributed by atoms with Gasteiger partial charge in [0.05, 0.1) is 4.90 Å². The summed E-state index contributed by atoms with van der Waals surface area (Å²) in [6.45, 7) is 2.47. The van der Waals surface area contributed by atoms with E-state index in [-0.39, 0.29) is 4.90 Å². The summed E-state index contributed by atoms with van der Waals surface area (Å²) in [6.07, 6.45) is 8.58. The SMILES string of the molecule is CN(C)S(=O)(=O)NCC1CCC(CN)CC1.NCC1CCC(CNS(=O)(=O)c2ccc(F)cc2)CC1. The maximum atomic E-state index is 12.8. The van der Waals surface area contributed by atoms with Gasteiger partial charge in [-0.05, 0) is 112 Å². The summed E-state index contributed by atoms with van der Waals surface area (Å²) < 4.78 is 66.3. The normalized spacial score (nSPS) is 25.3. The van der Waals surface area contributed by atoms with E-state index in [9.17, 15) is 21.2 Å². The van der Waals surface area contributed by atoms with Crippen LogP contribution in [0.4, 0.5) is 4.39 Å². The molecule has 2 aliphatic rings. The largest absolute Gasteiger partial charge is 0.330 e. The standard InChI is InChI=1S/C14H21FN2O2S.C10H23N3O2S/c15-13-5-7-14(8-6-13)20(18,19)17-10-12-3-1-11(9-16)2-4-12;1-13(2)16(14,15)12-8-10-5-3-9(7-11)4-6-10/h5-8,11-12,17H,1-4,9-10,16H2;9-10,12H,3-8,11H2,1-2H3. The van der Waals surface area contributed by atoms with Gasteiger partial charge in [0, 0.05) is 27.2 Å². The van der Waals surface area contributed by atoms with Gasteiger partial charge in [-0.1, -0.05) is 0 Å². The molecule has 0 heterocycles. The molecular weight excluding hydrogens is 505 g/mol. The van der Waals surface area contributed by atoms with Crippen molar-refractivity contribution in [2.75, 3.05) is 40.3 Å². The molecule has 12 heteroatoms. The Labute approximate surface area is 216 Å². The number of benzene rings is 1. The van der Waals surface area contributed by atoms with Gasteiger partial charge >= 0.3 is 0 Å². The van der Waals surface area contributed by atoms with Crippen LogP contribution in [-0.4, -0.2) is 61.4 Å². The first kappa shape index (κ1) is 31.1. The van der Waals surface area contributed by atoms with Gasteiger partial charge in [0.25, 0.3) is 10.2 Å². The van der Waals surface area contributed by atoms with Gasteiger partial charge < -0.3 is 11.5 Å². The second-order valence-corrected chi connectivity index (χ2v) is 13.9. The molecule has 1 aromatic rings. The fraction of sp³-hybridized carbons (Fsp3) is 0.750. The van der Waals surface area contributed by atoms with Crippen molar-refractivity contribution in [2.45, 2.75) is 56.3 Å². The highest BCUT2D eigenvalue weighted by atomic mass is 32.2. The van der Waals surface area contributed by atoms with E-state index >= 15 is 0 Å². The van der Waals surface area contributed by atoms with Gasteiger partial charge in [-0.2, -0.15) is 12.7 Å². The van der Waals surface area contributed by atoms with E-state index < -0.39 is 26.0 Å². The summed E-state index contributed by atoms with van der Waals surface area (Å²) in [5.74, 6) is 1.62. The molecule has 2 aliphatic carbocycles. The second kappa shape index (κ2) is 14.7. The minimum atomic E-state index is -3.54. The van der Waals surface area contributed by atoms with Crippen molar-refractivity contribution < 1.29 is 21.2 Å². The predicted octanol–water partition coefficient (Wildman–Crippen LogP) is 2.02. The van der Waals surface area contributed by atoms with E-state index in [1.54, 1.807) is 0 Å². The molecule has 0 amide bonds. The van der Waals surface area contributed by atoms with Gasteiger partial charge in [0.15, 0.2) is 0 Å². The zero-order chi connectivity index (χ0) is 26.8. The van der Waals surface area contributed by atoms with Crippen LogP contribution >= 0.6 is 0 Å². The molecule has 0 atom stereocenters. The van der Waals surface area contributed by atoms with Crippen molar-refractivity contribution in [2.24, 2.45) is 35.1 Å². The van der Waals surface area contributed by atoms with Gasteiger partial charge in [-0.15, -0.1) is 0 Å². The summed E-state index contributed by atoms with van der Waals surface area (Å²) >= 11 is 0. The maximum Gasteiger partial charge on any atom is 0.278 e. The van der Waals surface area contributed by atoms with E-state index in [4.69, 9.17) is 11.5 Å². The second-order valence-electron chi connectivity index (χ2n) is 10.2. The highest BCUT2D eigenvalue weighted by molar-refractivity contribution is 7.89. The first-order valence-corrected chi connectivity index (χ1v) is 15.7. The molecule has 0 bridgehead atoms. The lowest BCUT2D eigenvalue weighted by Crippen LogP contribution is -2.39. The van der Waals surface area contributed by atoms with E-state index in [1.807, 2.05) is 0 Å². The number of hydrogen-bond acceptors (Lipinski definition) is 6. The smallest absolute Gasteiger partial charge is 0.278 e. The first-order valence-electron chi connectivity index (χ1n) is 12.8. The number of nitrogens with zero attached hydrogens (tertiary/aromatic N) is 1. The molecule has 36 heavy (non-hydrogen) atoms. The van der Waals surface area contributed by atoms with Crippen LogP contribution in [0, 0.1) is 29.5 Å². The Morgan fingerprint density at radius 3 is 1.53 bits per heavy atom. The molecule has 0 spiro atoms. The lowest BCUT2D eigenvalue weighted by atomic mass is 9.82. The summed E-state index contributed by atoms with van der Waals surface area (Å²) in [5, 5.41) is 0. The fourth-order valence-electron chi connectivity index (χ4n) is 4.62. The molecular formula is C24H44FN5O4S2. The van der Waals surface area contributed by atoms with E-state index in [0.717, 1.165) is 70.0 Å². The average molecular weight is 550 g/mol. The minimum Gasteiger partial charge on any atom is -0.330 e. The molecule has 1 aromatic carbocycles. The summed E-state index contributed by atoms with van der Waals surface area (Å²) in [4.78, 5) is 0.106. The van der Waals surface area contributed by atoms with Crippen LogP contribution in [0.1, 0.15) is 51.4 Å². The first-order chi connectivity index (χ1) is 17.0. The lowest BCUT2D eigenvalue weighted by molar-refractivity contribution is 0.279. The Bertz CT molecular complexity index is 974. The number of rotatable bonds is 10. The third-order valence-corrected chi connectivity index (χ3v) is 10.3. The molecule has 3 rings (SSSR count). The Morgan fingerprint density at radius 2 is 1.14 bits per heavy atom. The number of nitrogens with one attached hydrogen (secondary N) is 2. The summed E-state index contributed by atoms with van der Waals surface area (Å²) in [7, 11) is -3.72. The number of hydrogen-bond donors (Lipinski definition) is 4. The highest BCUT2D eigenvalue weighted by Crippen LogP contribution is 2.28. The minimum absolute atomic E-state index is 0.106. The van der Waals surface area contributed by atoms with Crippen LogP contribution in [0.25, 0.3) is 0 Å². The Hall–Kier alpha value is -1.15. The zero-order valence-electron chi connectivity index (χ0n) is 21.5. The Balaban J connectivity index is 0.000000261. The number of sulfonamides is 1. The van der Waals surface area contributed by atoms with Gasteiger partial charge in [0.1, 0.15) is 5.82 Å². The quantitative estimate of drug-likeness (QED) is 0.351. The zero-order valence-corrected chi connectivity index (χ0v) is 23.2. The van der Waals surface area contributed by atoms with E-state index in [1.165, 1.54) is 30.5 Å². The van der Waals surface area contributed by atoms with Crippen molar-refractivity contribution in [1.29, 1.82) is 0 Å². The lowest BCUT2D eigenvalue weighted by Gasteiger charge is -2.28. The third kappa shape index (κ3) is 10.3. The molecule has 0 saturated heterocycles. The molecule has 0 unspecified atom stereocenters. The van der Waals surface area contributed by atoms with Crippen LogP contribution in [0.15, 0.2) is 29.2 Å². The highest BCUT2D eigenvalue weighted by Gasteiger charge is 2.23. The molecule has 0 aromatic heterocycles. The van der Waals surface area contributed by atoms with Crippen molar-refractivity contribution in [3.63, 3.8) is 0 Å². The number of halogens is 1. The molecule has 2 saturated carbocycles. The van der Waals surface area contributed by atoms with Gasteiger partial charge in [-0.25, -0.2) is 22.3 Å². The molecule has 208 valence electrons. The third-order valence-electron chi connectivity index (χ3n) is 7.32. The molecule has 0 aliphatic heterocycles. The topological polar surface area (TPSA) is 148 Å². The number of nitrogens with two attached hydrogens (primary N) is 2. The predicted molar refractivity (Wildman–Crippen MR) is 141 cm³/mol. The summed E-state index contributed by atoms with van der Waals surface area (Å²) in [6, 6.07) is 4.87. The Kier molecular flexibility index (Phi) is 12.7. The maximum absolute atomic E-state index is 12.8. The molecule has 2 fully saturated rings. The van der Waals surface area contributed by atoms with Crippen LogP contribution in [0.2, 0.25) is 0 Å². The van der Waals surface area contributed by atoms with Crippen LogP contribution in [0.5, 0.6) is 0 Å². The van der Waals surface area contributed by atoms with Crippen molar-refractivity contribution >= 4 is 20.2 Å². The van der Waals surface area contributed by atoms with Crippen LogP contribution in [0.3, 0.4) is 0 Å². The average Bonchev–Trinajstić information content (AvgIpc) is 2.87. The molecule has 9 nitrogen and oxygen atoms in total. The fourth-order valence-corrected chi connectivity index (χ4v) is 6.44. The van der Waals surface area contributed by atoms with Crippen LogP contribution in [-0.2, 0) is 20.2 Å². The van der Waals surface area contributed by atoms with Gasteiger partial charge in [0.2, 0.25) is 10.0 Å². The summed E-state index contributed by atoms with van der Waals surface area (Å²) in [5.41, 5.74) is 11.3. The molecule has 6 N–H and O–H groups in total. The monoisotopic (exact) mass is 549 g/mol. The van der Waals surface area contributed by atoms with Gasteiger partial charge in [-0.3, -0.25) is 0 Å².